The third-order valence-corrected chi connectivity index (χ3v) is 4.71. The Morgan fingerprint density at radius 2 is 2.25 bits per heavy atom. The van der Waals surface area contributed by atoms with Crippen LogP contribution in [0.25, 0.3) is 0 Å². The summed E-state index contributed by atoms with van der Waals surface area (Å²) in [5.41, 5.74) is 0.216. The maximum Gasteiger partial charge on any atom is 0.240 e. The molecule has 20 heavy (non-hydrogen) atoms. The lowest BCUT2D eigenvalue weighted by Crippen LogP contribution is -2.38. The molecule has 1 amide bonds. The van der Waals surface area contributed by atoms with Crippen LogP contribution in [0, 0.1) is 11.3 Å². The van der Waals surface area contributed by atoms with Gasteiger partial charge < -0.3 is 5.32 Å². The fraction of sp³-hybridized carbons (Fsp3) is 0.333. The maximum absolute atomic E-state index is 12.1. The predicted octanol–water partition coefficient (Wildman–Crippen LogP) is 0.769. The Labute approximate surface area is 121 Å². The highest BCUT2D eigenvalue weighted by molar-refractivity contribution is 7.89. The number of carbonyl (C=O) groups excluding carboxylic acids is 1. The van der Waals surface area contributed by atoms with Crippen LogP contribution in [0.1, 0.15) is 18.4 Å². The Balaban J connectivity index is 2.08. The number of hydrogen-bond donors (Lipinski definition) is 2. The van der Waals surface area contributed by atoms with Crippen LogP contribution < -0.4 is 10.0 Å². The number of nitriles is 1. The van der Waals surface area contributed by atoms with Crippen molar-refractivity contribution >= 4 is 27.5 Å². The Kier molecular flexibility index (Phi) is 4.28. The van der Waals surface area contributed by atoms with Crippen LogP contribution in [-0.2, 0) is 14.8 Å². The first kappa shape index (κ1) is 14.8. The quantitative estimate of drug-likeness (QED) is 0.857. The van der Waals surface area contributed by atoms with Crippen LogP contribution in [0.5, 0.6) is 0 Å². The first-order valence-electron chi connectivity index (χ1n) is 5.91. The summed E-state index contributed by atoms with van der Waals surface area (Å²) in [6.07, 6.45) is 1.02. The summed E-state index contributed by atoms with van der Waals surface area (Å²) in [6.45, 7) is 0.131. The van der Waals surface area contributed by atoms with E-state index in [2.05, 4.69) is 10.0 Å². The molecule has 106 valence electrons. The largest absolute Gasteiger partial charge is 0.352 e. The first-order chi connectivity index (χ1) is 9.42. The lowest BCUT2D eigenvalue weighted by Gasteiger charge is -2.12. The van der Waals surface area contributed by atoms with E-state index >= 15 is 0 Å². The number of hydrogen-bond acceptors (Lipinski definition) is 4. The van der Waals surface area contributed by atoms with Gasteiger partial charge in [-0.15, -0.1) is 0 Å². The molecule has 0 bridgehead atoms. The van der Waals surface area contributed by atoms with Crippen molar-refractivity contribution in [1.29, 1.82) is 5.26 Å². The van der Waals surface area contributed by atoms with Gasteiger partial charge in [-0.25, -0.2) is 13.1 Å². The molecule has 0 aliphatic carbocycles. The zero-order valence-electron chi connectivity index (χ0n) is 10.4. The molecule has 1 heterocycles. The van der Waals surface area contributed by atoms with E-state index in [0.29, 0.717) is 12.8 Å². The normalized spacial score (nSPS) is 18.6. The van der Waals surface area contributed by atoms with Gasteiger partial charge >= 0.3 is 0 Å². The van der Waals surface area contributed by atoms with Crippen molar-refractivity contribution in [3.8, 4) is 6.07 Å². The van der Waals surface area contributed by atoms with Crippen LogP contribution >= 0.6 is 11.6 Å². The molecule has 0 aromatic heterocycles. The lowest BCUT2D eigenvalue weighted by atomic mass is 10.2. The van der Waals surface area contributed by atoms with Gasteiger partial charge in [-0.1, -0.05) is 11.6 Å². The van der Waals surface area contributed by atoms with E-state index in [1.54, 1.807) is 0 Å². The number of nitrogens with zero attached hydrogens (tertiary/aromatic N) is 1. The van der Waals surface area contributed by atoms with Crippen LogP contribution in [0.3, 0.4) is 0 Å². The maximum atomic E-state index is 12.1. The van der Waals surface area contributed by atoms with E-state index in [0.717, 1.165) is 0 Å². The molecule has 1 fully saturated rings. The summed E-state index contributed by atoms with van der Waals surface area (Å²) >= 11 is 5.81. The molecule has 1 saturated heterocycles. The smallest absolute Gasteiger partial charge is 0.240 e. The van der Waals surface area contributed by atoms with Gasteiger partial charge in [0.1, 0.15) is 6.07 Å². The van der Waals surface area contributed by atoms with Crippen molar-refractivity contribution in [2.75, 3.05) is 6.54 Å². The molecule has 1 unspecified atom stereocenters. The van der Waals surface area contributed by atoms with Crippen LogP contribution in [0.15, 0.2) is 23.1 Å². The van der Waals surface area contributed by atoms with Gasteiger partial charge in [0, 0.05) is 19.0 Å². The second-order valence-corrected chi connectivity index (χ2v) is 6.58. The molecule has 0 radical (unpaired) electrons. The van der Waals surface area contributed by atoms with Crippen LogP contribution in [-0.4, -0.2) is 26.9 Å². The topological polar surface area (TPSA) is 99.1 Å². The third kappa shape index (κ3) is 3.28. The molecule has 1 aliphatic heterocycles. The van der Waals surface area contributed by atoms with E-state index in [1.165, 1.54) is 18.2 Å². The summed E-state index contributed by atoms with van der Waals surface area (Å²) in [5, 5.41) is 11.5. The summed E-state index contributed by atoms with van der Waals surface area (Å²) in [4.78, 5) is 11.0. The highest BCUT2D eigenvalue weighted by Crippen LogP contribution is 2.20. The first-order valence-corrected chi connectivity index (χ1v) is 7.77. The Bertz CT molecular complexity index is 682. The van der Waals surface area contributed by atoms with Crippen molar-refractivity contribution in [1.82, 2.24) is 10.0 Å². The monoisotopic (exact) mass is 313 g/mol. The highest BCUT2D eigenvalue weighted by Gasteiger charge is 2.23. The molecule has 2 rings (SSSR count). The van der Waals surface area contributed by atoms with Crippen LogP contribution in [0.4, 0.5) is 0 Å². The van der Waals surface area contributed by atoms with Gasteiger partial charge in [0.15, 0.2) is 0 Å². The number of carbonyl (C=O) groups is 1. The number of halogens is 1. The summed E-state index contributed by atoms with van der Waals surface area (Å²) < 4.78 is 26.5. The predicted molar refractivity (Wildman–Crippen MR) is 72.5 cm³/mol. The number of nitrogens with one attached hydrogen (secondary N) is 2. The Hall–Kier alpha value is -1.62. The fourth-order valence-electron chi connectivity index (χ4n) is 1.88. The average molecular weight is 314 g/mol. The molecule has 0 spiro atoms. The van der Waals surface area contributed by atoms with E-state index in [9.17, 15) is 13.2 Å². The van der Waals surface area contributed by atoms with E-state index < -0.39 is 10.0 Å². The van der Waals surface area contributed by atoms with Gasteiger partial charge in [-0.05, 0) is 24.6 Å². The average Bonchev–Trinajstić information content (AvgIpc) is 2.82. The van der Waals surface area contributed by atoms with Gasteiger partial charge in [0.2, 0.25) is 15.9 Å². The molecule has 1 aliphatic rings. The van der Waals surface area contributed by atoms with E-state index in [4.69, 9.17) is 16.9 Å². The molecular formula is C12H12ClN3O3S. The van der Waals surface area contributed by atoms with E-state index in [1.807, 2.05) is 6.07 Å². The number of benzene rings is 1. The summed E-state index contributed by atoms with van der Waals surface area (Å²) in [5.74, 6) is -0.0735. The molecule has 0 saturated carbocycles. The molecule has 1 atom stereocenters. The minimum atomic E-state index is -3.71. The highest BCUT2D eigenvalue weighted by atomic mass is 35.5. The Morgan fingerprint density at radius 3 is 2.80 bits per heavy atom. The molecule has 2 N–H and O–H groups in total. The molecule has 1 aromatic carbocycles. The standard InChI is InChI=1S/C12H12ClN3O3S/c13-11-5-10(3-1-8(11)6-14)20(18,19)15-7-9-2-4-12(17)16-9/h1,3,5,9,15H,2,4,7H2,(H,16,17). The molecular weight excluding hydrogens is 302 g/mol. The minimum Gasteiger partial charge on any atom is -0.352 e. The summed E-state index contributed by atoms with van der Waals surface area (Å²) in [7, 11) is -3.71. The minimum absolute atomic E-state index is 0.00850. The SMILES string of the molecule is N#Cc1ccc(S(=O)(=O)NCC2CCC(=O)N2)cc1Cl. The second kappa shape index (κ2) is 5.79. The van der Waals surface area contributed by atoms with Gasteiger partial charge in [0.05, 0.1) is 15.5 Å². The van der Waals surface area contributed by atoms with Crippen molar-refractivity contribution in [2.24, 2.45) is 0 Å². The number of amides is 1. The van der Waals surface area contributed by atoms with Crippen molar-refractivity contribution in [3.63, 3.8) is 0 Å². The van der Waals surface area contributed by atoms with Gasteiger partial charge in [-0.2, -0.15) is 5.26 Å². The summed E-state index contributed by atoms with van der Waals surface area (Å²) in [6, 6.07) is 5.58. The van der Waals surface area contributed by atoms with Crippen molar-refractivity contribution in [3.05, 3.63) is 28.8 Å². The molecule has 8 heteroatoms. The van der Waals surface area contributed by atoms with Gasteiger partial charge in [0.25, 0.3) is 0 Å². The fourth-order valence-corrected chi connectivity index (χ4v) is 3.27. The van der Waals surface area contributed by atoms with Crippen molar-refractivity contribution in [2.45, 2.75) is 23.8 Å². The zero-order chi connectivity index (χ0) is 14.8. The second-order valence-electron chi connectivity index (χ2n) is 4.41. The van der Waals surface area contributed by atoms with Gasteiger partial charge in [-0.3, -0.25) is 4.79 Å². The molecule has 6 nitrogen and oxygen atoms in total. The Morgan fingerprint density at radius 1 is 1.50 bits per heavy atom. The number of sulfonamides is 1. The molecule has 1 aromatic rings. The van der Waals surface area contributed by atoms with Crippen molar-refractivity contribution < 1.29 is 13.2 Å². The third-order valence-electron chi connectivity index (χ3n) is 2.98. The number of rotatable bonds is 4. The van der Waals surface area contributed by atoms with E-state index in [-0.39, 0.29) is 34.0 Å². The zero-order valence-corrected chi connectivity index (χ0v) is 12.0. The lowest BCUT2D eigenvalue weighted by molar-refractivity contribution is -0.119. The van der Waals surface area contributed by atoms with Crippen LogP contribution in [0.2, 0.25) is 5.02 Å².